The highest BCUT2D eigenvalue weighted by Gasteiger charge is 2.14. The SMILES string of the molecule is CCN(C)/C=C1/N=CC(N[C@@H](C)c2cccc(NC(=O)Cc3ccncc3)c2)=CC1C. The summed E-state index contributed by atoms with van der Waals surface area (Å²) in [4.78, 5) is 23.1. The molecule has 0 bridgehead atoms. The number of anilines is 1. The van der Waals surface area contributed by atoms with Gasteiger partial charge in [0.05, 0.1) is 18.3 Å². The maximum absolute atomic E-state index is 12.4. The number of carbonyl (C=O) groups excluding carboxylic acids is 1. The van der Waals surface area contributed by atoms with Gasteiger partial charge < -0.3 is 15.5 Å². The molecule has 1 amide bonds. The van der Waals surface area contributed by atoms with Gasteiger partial charge in [-0.3, -0.25) is 14.8 Å². The van der Waals surface area contributed by atoms with Crippen LogP contribution in [0.2, 0.25) is 0 Å². The van der Waals surface area contributed by atoms with E-state index in [0.717, 1.165) is 34.8 Å². The van der Waals surface area contributed by atoms with Crippen LogP contribution in [0.15, 0.2) is 77.5 Å². The number of aromatic nitrogens is 1. The maximum atomic E-state index is 12.4. The Hall–Kier alpha value is -3.41. The van der Waals surface area contributed by atoms with Gasteiger partial charge in [0.2, 0.25) is 5.91 Å². The zero-order chi connectivity index (χ0) is 22.2. The molecule has 0 saturated carbocycles. The lowest BCUT2D eigenvalue weighted by Gasteiger charge is -2.22. The van der Waals surface area contributed by atoms with Crippen molar-refractivity contribution in [2.24, 2.45) is 10.9 Å². The first-order valence-corrected chi connectivity index (χ1v) is 10.7. The normalized spacial score (nSPS) is 17.7. The molecule has 1 unspecified atom stereocenters. The number of allylic oxidation sites excluding steroid dienone is 2. The standard InChI is InChI=1S/C25H31N5O/c1-5-30(4)17-24-18(2)13-23(16-27-24)28-19(3)21-7-6-8-22(15-21)29-25(31)14-20-9-11-26-12-10-20/h6-13,15-19,28H,5,14H2,1-4H3,(H,29,31)/b24-17+/t18?,19-/m0/s1. The highest BCUT2D eigenvalue weighted by molar-refractivity contribution is 5.92. The van der Waals surface area contributed by atoms with Crippen LogP contribution < -0.4 is 10.6 Å². The molecule has 0 aliphatic carbocycles. The topological polar surface area (TPSA) is 69.6 Å². The van der Waals surface area contributed by atoms with E-state index < -0.39 is 0 Å². The third-order valence-electron chi connectivity index (χ3n) is 5.27. The summed E-state index contributed by atoms with van der Waals surface area (Å²) in [5.41, 5.74) is 4.88. The molecule has 0 spiro atoms. The number of benzene rings is 1. The molecule has 0 fully saturated rings. The molecule has 2 N–H and O–H groups in total. The van der Waals surface area contributed by atoms with Crippen molar-refractivity contribution in [3.05, 3.63) is 83.6 Å². The Kier molecular flexibility index (Phi) is 7.60. The largest absolute Gasteiger partial charge is 0.379 e. The van der Waals surface area contributed by atoms with E-state index in [1.54, 1.807) is 12.4 Å². The van der Waals surface area contributed by atoms with E-state index in [0.29, 0.717) is 6.42 Å². The number of amides is 1. The van der Waals surface area contributed by atoms with E-state index in [1.165, 1.54) is 0 Å². The average Bonchev–Trinajstić information content (AvgIpc) is 2.76. The lowest BCUT2D eigenvalue weighted by molar-refractivity contribution is -0.115. The van der Waals surface area contributed by atoms with Crippen LogP contribution in [0.3, 0.4) is 0 Å². The minimum Gasteiger partial charge on any atom is -0.379 e. The van der Waals surface area contributed by atoms with Crippen molar-refractivity contribution >= 4 is 17.8 Å². The minimum atomic E-state index is -0.0451. The van der Waals surface area contributed by atoms with Crippen molar-refractivity contribution in [1.29, 1.82) is 0 Å². The summed E-state index contributed by atoms with van der Waals surface area (Å²) in [6, 6.07) is 11.7. The van der Waals surface area contributed by atoms with Crippen molar-refractivity contribution in [3.8, 4) is 0 Å². The number of pyridine rings is 1. The van der Waals surface area contributed by atoms with Gasteiger partial charge in [0, 0.05) is 55.5 Å². The van der Waals surface area contributed by atoms with Gasteiger partial charge in [-0.1, -0.05) is 25.1 Å². The Morgan fingerprint density at radius 1 is 1.26 bits per heavy atom. The number of aliphatic imine (C=N–C) groups is 1. The Labute approximate surface area is 184 Å². The molecule has 2 aromatic rings. The van der Waals surface area contributed by atoms with Gasteiger partial charge in [-0.25, -0.2) is 0 Å². The molecule has 1 aromatic heterocycles. The third-order valence-corrected chi connectivity index (χ3v) is 5.27. The number of hydrogen-bond acceptors (Lipinski definition) is 5. The van der Waals surface area contributed by atoms with Crippen LogP contribution in [0.1, 0.15) is 37.9 Å². The fourth-order valence-electron chi connectivity index (χ4n) is 3.32. The highest BCUT2D eigenvalue weighted by Crippen LogP contribution is 2.23. The number of dihydropyridines is 1. The molecule has 6 heteroatoms. The minimum absolute atomic E-state index is 0.0451. The molecule has 0 saturated heterocycles. The van der Waals surface area contributed by atoms with Gasteiger partial charge in [0.15, 0.2) is 0 Å². The summed E-state index contributed by atoms with van der Waals surface area (Å²) in [6.45, 7) is 7.33. The van der Waals surface area contributed by atoms with E-state index in [-0.39, 0.29) is 17.9 Å². The fraction of sp³-hybridized carbons (Fsp3) is 0.320. The highest BCUT2D eigenvalue weighted by atomic mass is 16.1. The van der Waals surface area contributed by atoms with E-state index in [1.807, 2.05) is 36.5 Å². The van der Waals surface area contributed by atoms with Crippen LogP contribution in [-0.4, -0.2) is 35.6 Å². The van der Waals surface area contributed by atoms with E-state index in [4.69, 9.17) is 0 Å². The Morgan fingerprint density at radius 2 is 2.03 bits per heavy atom. The molecule has 0 radical (unpaired) electrons. The fourth-order valence-corrected chi connectivity index (χ4v) is 3.32. The van der Waals surface area contributed by atoms with E-state index in [2.05, 4.69) is 71.7 Å². The van der Waals surface area contributed by atoms with Gasteiger partial charge in [0.1, 0.15) is 0 Å². The van der Waals surface area contributed by atoms with Gasteiger partial charge in [-0.2, -0.15) is 0 Å². The second kappa shape index (κ2) is 10.6. The molecular formula is C25H31N5O. The summed E-state index contributed by atoms with van der Waals surface area (Å²) in [5, 5.41) is 6.51. The number of hydrogen-bond donors (Lipinski definition) is 2. The average molecular weight is 418 g/mol. The van der Waals surface area contributed by atoms with Crippen molar-refractivity contribution in [2.75, 3.05) is 18.9 Å². The number of nitrogens with one attached hydrogen (secondary N) is 2. The second-order valence-electron chi connectivity index (χ2n) is 7.87. The van der Waals surface area contributed by atoms with Crippen molar-refractivity contribution in [1.82, 2.24) is 15.2 Å². The summed E-state index contributed by atoms with van der Waals surface area (Å²) in [6.07, 6.45) is 9.88. The van der Waals surface area contributed by atoms with Crippen molar-refractivity contribution in [3.63, 3.8) is 0 Å². The molecular weight excluding hydrogens is 386 g/mol. The summed E-state index contributed by atoms with van der Waals surface area (Å²) >= 11 is 0. The summed E-state index contributed by atoms with van der Waals surface area (Å²) in [7, 11) is 2.05. The second-order valence-corrected chi connectivity index (χ2v) is 7.87. The molecule has 2 heterocycles. The monoisotopic (exact) mass is 417 g/mol. The Bertz CT molecular complexity index is 980. The quantitative estimate of drug-likeness (QED) is 0.671. The number of rotatable bonds is 8. The first kappa shape index (κ1) is 22.3. The van der Waals surface area contributed by atoms with Crippen LogP contribution in [0.4, 0.5) is 5.69 Å². The molecule has 162 valence electrons. The number of nitrogens with zero attached hydrogens (tertiary/aromatic N) is 3. The van der Waals surface area contributed by atoms with Crippen LogP contribution in [0.5, 0.6) is 0 Å². The van der Waals surface area contributed by atoms with E-state index in [9.17, 15) is 4.79 Å². The first-order chi connectivity index (χ1) is 14.9. The first-order valence-electron chi connectivity index (χ1n) is 10.7. The lowest BCUT2D eigenvalue weighted by Crippen LogP contribution is -2.22. The molecule has 1 aliphatic rings. The van der Waals surface area contributed by atoms with Gasteiger partial charge in [0.25, 0.3) is 0 Å². The Morgan fingerprint density at radius 3 is 2.74 bits per heavy atom. The van der Waals surface area contributed by atoms with Crippen LogP contribution in [0, 0.1) is 5.92 Å². The third kappa shape index (κ3) is 6.54. The van der Waals surface area contributed by atoms with Gasteiger partial charge in [-0.05, 0) is 49.2 Å². The molecule has 2 atom stereocenters. The van der Waals surface area contributed by atoms with Gasteiger partial charge in [-0.15, -0.1) is 0 Å². The zero-order valence-electron chi connectivity index (χ0n) is 18.7. The van der Waals surface area contributed by atoms with Crippen LogP contribution in [0.25, 0.3) is 0 Å². The Balaban J connectivity index is 1.61. The van der Waals surface area contributed by atoms with E-state index >= 15 is 0 Å². The molecule has 6 nitrogen and oxygen atoms in total. The van der Waals surface area contributed by atoms with Crippen LogP contribution in [-0.2, 0) is 11.2 Å². The lowest BCUT2D eigenvalue weighted by atomic mass is 10.0. The summed E-state index contributed by atoms with van der Waals surface area (Å²) < 4.78 is 0. The van der Waals surface area contributed by atoms with Crippen LogP contribution >= 0.6 is 0 Å². The van der Waals surface area contributed by atoms with Gasteiger partial charge >= 0.3 is 0 Å². The summed E-state index contributed by atoms with van der Waals surface area (Å²) in [5.74, 6) is 0.198. The predicted molar refractivity (Wildman–Crippen MR) is 127 cm³/mol. The van der Waals surface area contributed by atoms with Crippen molar-refractivity contribution < 1.29 is 4.79 Å². The predicted octanol–water partition coefficient (Wildman–Crippen LogP) is 4.31. The molecule has 1 aliphatic heterocycles. The molecule has 31 heavy (non-hydrogen) atoms. The van der Waals surface area contributed by atoms with Crippen molar-refractivity contribution in [2.45, 2.75) is 33.2 Å². The molecule has 1 aromatic carbocycles. The maximum Gasteiger partial charge on any atom is 0.228 e. The zero-order valence-corrected chi connectivity index (χ0v) is 18.7. The number of carbonyl (C=O) groups is 1. The smallest absolute Gasteiger partial charge is 0.228 e. The molecule has 3 rings (SSSR count).